The van der Waals surface area contributed by atoms with Gasteiger partial charge in [0.1, 0.15) is 0 Å². The molecule has 2 heterocycles. The first-order valence-corrected chi connectivity index (χ1v) is 12.6. The summed E-state index contributed by atoms with van der Waals surface area (Å²) in [5, 5.41) is 21.4. The molecule has 4 aromatic carbocycles. The van der Waals surface area contributed by atoms with E-state index < -0.39 is 0 Å². The number of amides is 1. The summed E-state index contributed by atoms with van der Waals surface area (Å²) >= 11 is 1.31. The van der Waals surface area contributed by atoms with Gasteiger partial charge in [-0.2, -0.15) is 9.78 Å². The van der Waals surface area contributed by atoms with Gasteiger partial charge >= 0.3 is 0 Å². The Morgan fingerprint density at radius 1 is 0.861 bits per heavy atom. The van der Waals surface area contributed by atoms with Crippen LogP contribution in [-0.4, -0.2) is 42.6 Å². The van der Waals surface area contributed by atoms with Crippen molar-refractivity contribution in [1.29, 1.82) is 0 Å². The minimum absolute atomic E-state index is 0.0905. The molecule has 0 aliphatic carbocycles. The Morgan fingerprint density at radius 3 is 2.39 bits per heavy atom. The Balaban J connectivity index is 1.27. The molecule has 0 spiro atoms. The highest BCUT2D eigenvalue weighted by Gasteiger charge is 2.33. The number of benzene rings is 4. The number of carbonyl (C=O) groups excluding carboxylic acids is 1. The smallest absolute Gasteiger partial charge is 0.253 e. The highest BCUT2D eigenvalue weighted by molar-refractivity contribution is 7.99. The maximum absolute atomic E-state index is 13.5. The molecule has 0 N–H and O–H groups in total. The van der Waals surface area contributed by atoms with Gasteiger partial charge in [-0.15, -0.1) is 5.10 Å². The van der Waals surface area contributed by atoms with Gasteiger partial charge in [0.25, 0.3) is 5.91 Å². The summed E-state index contributed by atoms with van der Waals surface area (Å²) < 4.78 is 1.64. The highest BCUT2D eigenvalue weighted by Crippen LogP contribution is 2.34. The summed E-state index contributed by atoms with van der Waals surface area (Å²) in [7, 11) is 0. The van der Waals surface area contributed by atoms with Crippen LogP contribution in [0.25, 0.3) is 16.5 Å². The molecule has 1 amide bonds. The van der Waals surface area contributed by atoms with Gasteiger partial charge < -0.3 is 0 Å². The molecule has 1 aliphatic rings. The number of nitrogens with zero attached hydrogens (tertiary/aromatic N) is 6. The van der Waals surface area contributed by atoms with Gasteiger partial charge in [-0.05, 0) is 50.5 Å². The first kappa shape index (κ1) is 22.2. The van der Waals surface area contributed by atoms with Gasteiger partial charge in [0, 0.05) is 6.42 Å². The lowest BCUT2D eigenvalue weighted by molar-refractivity contribution is -0.130. The van der Waals surface area contributed by atoms with E-state index in [0.29, 0.717) is 11.6 Å². The number of para-hydroxylation sites is 1. The van der Waals surface area contributed by atoms with Gasteiger partial charge in [-0.3, -0.25) is 4.79 Å². The molecule has 7 nitrogen and oxygen atoms in total. The summed E-state index contributed by atoms with van der Waals surface area (Å²) in [5.74, 6) is 0.0812. The molecule has 0 unspecified atom stereocenters. The molecule has 0 radical (unpaired) electrons. The van der Waals surface area contributed by atoms with Crippen LogP contribution in [0.15, 0.2) is 113 Å². The van der Waals surface area contributed by atoms with Crippen molar-refractivity contribution < 1.29 is 4.79 Å². The van der Waals surface area contributed by atoms with Crippen LogP contribution in [0.5, 0.6) is 0 Å². The first-order chi connectivity index (χ1) is 17.8. The summed E-state index contributed by atoms with van der Waals surface area (Å²) in [5.41, 5.74) is 3.84. The minimum atomic E-state index is -0.161. The minimum Gasteiger partial charge on any atom is -0.272 e. The molecule has 8 heteroatoms. The Hall–Kier alpha value is -4.30. The zero-order valence-electron chi connectivity index (χ0n) is 19.3. The summed E-state index contributed by atoms with van der Waals surface area (Å²) in [6.45, 7) is 0. The number of tetrazole rings is 1. The van der Waals surface area contributed by atoms with Gasteiger partial charge in [0.15, 0.2) is 0 Å². The van der Waals surface area contributed by atoms with Crippen molar-refractivity contribution in [3.63, 3.8) is 0 Å². The molecule has 0 saturated carbocycles. The number of rotatable bonds is 6. The van der Waals surface area contributed by atoms with E-state index in [-0.39, 0.29) is 17.7 Å². The number of hydrogen-bond donors (Lipinski definition) is 0. The van der Waals surface area contributed by atoms with Crippen molar-refractivity contribution in [1.82, 2.24) is 25.2 Å². The van der Waals surface area contributed by atoms with Crippen molar-refractivity contribution in [2.75, 3.05) is 5.75 Å². The number of hydrogen-bond acceptors (Lipinski definition) is 6. The molecule has 176 valence electrons. The van der Waals surface area contributed by atoms with Crippen LogP contribution in [0.1, 0.15) is 23.6 Å². The second-order valence-corrected chi connectivity index (χ2v) is 9.42. The Bertz CT molecular complexity index is 1550. The zero-order chi connectivity index (χ0) is 24.3. The van der Waals surface area contributed by atoms with Crippen molar-refractivity contribution >= 4 is 34.2 Å². The van der Waals surface area contributed by atoms with Crippen LogP contribution in [0.2, 0.25) is 0 Å². The number of fused-ring (bicyclic) bond motifs is 1. The lowest BCUT2D eigenvalue weighted by Crippen LogP contribution is -2.28. The van der Waals surface area contributed by atoms with E-state index in [0.717, 1.165) is 27.9 Å². The highest BCUT2D eigenvalue weighted by atomic mass is 32.2. The van der Waals surface area contributed by atoms with Crippen LogP contribution < -0.4 is 0 Å². The van der Waals surface area contributed by atoms with E-state index in [2.05, 4.69) is 45.9 Å². The Labute approximate surface area is 212 Å². The molecule has 0 saturated heterocycles. The molecule has 1 atom stereocenters. The molecule has 6 rings (SSSR count). The van der Waals surface area contributed by atoms with Crippen molar-refractivity contribution in [3.8, 4) is 5.69 Å². The predicted molar refractivity (Wildman–Crippen MR) is 141 cm³/mol. The lowest BCUT2D eigenvalue weighted by atomic mass is 9.97. The Morgan fingerprint density at radius 2 is 1.58 bits per heavy atom. The summed E-state index contributed by atoms with van der Waals surface area (Å²) in [6.07, 6.45) is 0.653. The number of carbonyl (C=O) groups is 1. The van der Waals surface area contributed by atoms with Crippen LogP contribution in [0.3, 0.4) is 0 Å². The molecular weight excluding hydrogens is 468 g/mol. The Kier molecular flexibility index (Phi) is 6.01. The third kappa shape index (κ3) is 4.38. The fourth-order valence-corrected chi connectivity index (χ4v) is 5.15. The first-order valence-electron chi connectivity index (χ1n) is 11.7. The fourth-order valence-electron chi connectivity index (χ4n) is 4.41. The van der Waals surface area contributed by atoms with Crippen LogP contribution in [0.4, 0.5) is 0 Å². The number of aromatic nitrogens is 4. The lowest BCUT2D eigenvalue weighted by Gasteiger charge is -2.21. The quantitative estimate of drug-likeness (QED) is 0.303. The molecule has 0 bridgehead atoms. The van der Waals surface area contributed by atoms with Crippen molar-refractivity contribution in [3.05, 3.63) is 114 Å². The van der Waals surface area contributed by atoms with Gasteiger partial charge in [-0.1, -0.05) is 96.7 Å². The van der Waals surface area contributed by atoms with Gasteiger partial charge in [0.2, 0.25) is 5.16 Å². The largest absolute Gasteiger partial charge is 0.272 e. The average molecular weight is 491 g/mol. The number of thioether (sulfide) groups is 1. The van der Waals surface area contributed by atoms with E-state index in [4.69, 9.17) is 5.10 Å². The maximum atomic E-state index is 13.5. The standard InChI is InChI=1S/C28H22N6OS/c35-27(19-36-28-29-31-32-33(28)24-13-5-2-6-14-24)34-26(21-10-3-1-4-11-21)18-25(30-34)23-16-15-20-9-7-8-12-22(20)17-23/h1-17,26H,18-19H2/t26-/m0/s1. The molecule has 5 aromatic rings. The third-order valence-corrected chi connectivity index (χ3v) is 7.10. The number of hydrazone groups is 1. The van der Waals surface area contributed by atoms with Gasteiger partial charge in [-0.25, -0.2) is 5.01 Å². The van der Waals surface area contributed by atoms with E-state index >= 15 is 0 Å². The average Bonchev–Trinajstić information content (AvgIpc) is 3.60. The normalized spacial score (nSPS) is 15.3. The summed E-state index contributed by atoms with van der Waals surface area (Å²) in [4.78, 5) is 13.5. The zero-order valence-corrected chi connectivity index (χ0v) is 20.1. The molecule has 1 aromatic heterocycles. The molecule has 1 aliphatic heterocycles. The maximum Gasteiger partial charge on any atom is 0.253 e. The van der Waals surface area contributed by atoms with Crippen molar-refractivity contribution in [2.24, 2.45) is 5.10 Å². The predicted octanol–water partition coefficient (Wildman–Crippen LogP) is 5.29. The van der Waals surface area contributed by atoms with Crippen molar-refractivity contribution in [2.45, 2.75) is 17.6 Å². The summed E-state index contributed by atoms with van der Waals surface area (Å²) in [6, 6.07) is 34.1. The van der Waals surface area contributed by atoms with Gasteiger partial charge in [0.05, 0.1) is 23.2 Å². The molecule has 0 fully saturated rings. The molecule has 36 heavy (non-hydrogen) atoms. The second-order valence-electron chi connectivity index (χ2n) is 8.48. The van der Waals surface area contributed by atoms with E-state index in [1.807, 2.05) is 72.8 Å². The van der Waals surface area contributed by atoms with Crippen LogP contribution in [-0.2, 0) is 4.79 Å². The second kappa shape index (κ2) is 9.75. The monoisotopic (exact) mass is 490 g/mol. The molecular formula is C28H22N6OS. The van der Waals surface area contributed by atoms with Crippen LogP contribution in [0, 0.1) is 0 Å². The van der Waals surface area contributed by atoms with E-state index in [9.17, 15) is 4.79 Å². The van der Waals surface area contributed by atoms with Crippen LogP contribution >= 0.6 is 11.8 Å². The topological polar surface area (TPSA) is 76.3 Å². The third-order valence-electron chi connectivity index (χ3n) is 6.20. The van der Waals surface area contributed by atoms with E-state index in [1.54, 1.807) is 9.69 Å². The fraction of sp³-hybridized carbons (Fsp3) is 0.107. The SMILES string of the molecule is O=C(CSc1nnnn1-c1ccccc1)N1N=C(c2ccc3ccccc3c2)C[C@H]1c1ccccc1. The van der Waals surface area contributed by atoms with E-state index in [1.165, 1.54) is 17.1 Å².